The van der Waals surface area contributed by atoms with Crippen molar-refractivity contribution in [1.82, 2.24) is 24.9 Å². The molecule has 1 N–H and O–H groups in total. The van der Waals surface area contributed by atoms with E-state index in [1.54, 1.807) is 11.0 Å². The molecule has 178 valence electrons. The van der Waals surface area contributed by atoms with Crippen molar-refractivity contribution < 1.29 is 18.7 Å². The molecule has 35 heavy (non-hydrogen) atoms. The van der Waals surface area contributed by atoms with Crippen molar-refractivity contribution in [1.29, 1.82) is 0 Å². The van der Waals surface area contributed by atoms with Gasteiger partial charge in [-0.15, -0.1) is 0 Å². The first kappa shape index (κ1) is 21.1. The van der Waals surface area contributed by atoms with Crippen LogP contribution in [0.25, 0.3) is 28.0 Å². The van der Waals surface area contributed by atoms with Crippen molar-refractivity contribution in [3.8, 4) is 22.7 Å². The number of H-pyrrole nitrogens is 1. The first-order chi connectivity index (χ1) is 17.0. The van der Waals surface area contributed by atoms with Gasteiger partial charge in [-0.3, -0.25) is 14.8 Å². The fourth-order valence-electron chi connectivity index (χ4n) is 4.67. The number of cyclic esters (lactones) is 1. The third kappa shape index (κ3) is 3.47. The number of hydrogen-bond donors (Lipinski definition) is 1. The molecule has 0 aliphatic carbocycles. The molecule has 2 fully saturated rings. The Morgan fingerprint density at radius 3 is 2.77 bits per heavy atom. The van der Waals surface area contributed by atoms with E-state index in [9.17, 15) is 14.0 Å². The lowest BCUT2D eigenvalue weighted by Crippen LogP contribution is -2.52. The summed E-state index contributed by atoms with van der Waals surface area (Å²) in [5.74, 6) is -0.426. The number of aromatic amines is 1. The highest BCUT2D eigenvalue weighted by atomic mass is 19.1. The second-order valence-corrected chi connectivity index (χ2v) is 8.44. The minimum Gasteiger partial charge on any atom is -0.494 e. The highest BCUT2D eigenvalue weighted by Gasteiger charge is 2.37. The summed E-state index contributed by atoms with van der Waals surface area (Å²) in [6.45, 7) is 2.45. The summed E-state index contributed by atoms with van der Waals surface area (Å²) in [6, 6.07) is 13.5. The number of benzene rings is 2. The monoisotopic (exact) mass is 476 g/mol. The average Bonchev–Trinajstić information content (AvgIpc) is 3.46. The lowest BCUT2D eigenvalue weighted by molar-refractivity contribution is 0.157. The Bertz CT molecular complexity index is 1500. The van der Waals surface area contributed by atoms with Crippen molar-refractivity contribution in [3.63, 3.8) is 0 Å². The minimum atomic E-state index is -0.623. The summed E-state index contributed by atoms with van der Waals surface area (Å²) < 4.78 is 26.0. The molecule has 6 rings (SSSR count). The number of para-hydroxylation sites is 1. The summed E-state index contributed by atoms with van der Waals surface area (Å²) >= 11 is 0. The normalized spacial score (nSPS) is 17.5. The fraction of sp³-hybridized carbons (Fsp3) is 0.250. The number of piperazine rings is 1. The van der Waals surface area contributed by atoms with Crippen LogP contribution in [0.1, 0.15) is 0 Å². The number of hydrogen-bond acceptors (Lipinski definition) is 7. The number of nitrogens with one attached hydrogen (secondary N) is 1. The summed E-state index contributed by atoms with van der Waals surface area (Å²) in [7, 11) is 1.41. The lowest BCUT2D eigenvalue weighted by atomic mass is 10.1. The molecule has 11 heteroatoms. The molecule has 2 aliphatic rings. The van der Waals surface area contributed by atoms with Crippen molar-refractivity contribution in [2.45, 2.75) is 6.04 Å². The van der Waals surface area contributed by atoms with Crippen molar-refractivity contribution in [3.05, 3.63) is 64.7 Å². The molecule has 0 bridgehead atoms. The van der Waals surface area contributed by atoms with E-state index in [1.807, 2.05) is 24.3 Å². The number of carbonyl (C=O) groups is 1. The summed E-state index contributed by atoms with van der Waals surface area (Å²) in [4.78, 5) is 28.4. The van der Waals surface area contributed by atoms with Crippen molar-refractivity contribution >= 4 is 22.8 Å². The van der Waals surface area contributed by atoms with E-state index in [-0.39, 0.29) is 23.6 Å². The minimum absolute atomic E-state index is 0.0575. The molecule has 1 unspecified atom stereocenters. The lowest BCUT2D eigenvalue weighted by Gasteiger charge is -2.36. The van der Waals surface area contributed by atoms with Gasteiger partial charge in [-0.05, 0) is 24.3 Å². The summed E-state index contributed by atoms with van der Waals surface area (Å²) in [5.41, 5.74) is 2.65. The number of carbonyl (C=O) groups excluding carboxylic acids is 1. The first-order valence-corrected chi connectivity index (χ1v) is 11.1. The second-order valence-electron chi connectivity index (χ2n) is 8.44. The van der Waals surface area contributed by atoms with Gasteiger partial charge < -0.3 is 14.4 Å². The summed E-state index contributed by atoms with van der Waals surface area (Å²) in [5, 5.41) is 11.6. The van der Waals surface area contributed by atoms with Gasteiger partial charge in [0.15, 0.2) is 5.82 Å². The van der Waals surface area contributed by atoms with Crippen LogP contribution in [0.4, 0.5) is 14.9 Å². The predicted molar refractivity (Wildman–Crippen MR) is 125 cm³/mol. The van der Waals surface area contributed by atoms with Crippen LogP contribution in [-0.4, -0.2) is 70.4 Å². The zero-order valence-corrected chi connectivity index (χ0v) is 18.8. The number of aromatic nitrogens is 4. The number of anilines is 1. The van der Waals surface area contributed by atoms with Gasteiger partial charge in [-0.1, -0.05) is 18.2 Å². The Morgan fingerprint density at radius 2 is 1.97 bits per heavy atom. The number of halogens is 1. The van der Waals surface area contributed by atoms with Crippen LogP contribution in [0.2, 0.25) is 0 Å². The predicted octanol–water partition coefficient (Wildman–Crippen LogP) is 2.56. The van der Waals surface area contributed by atoms with Crippen LogP contribution in [0, 0.1) is 5.82 Å². The van der Waals surface area contributed by atoms with Gasteiger partial charge in [0.05, 0.1) is 18.7 Å². The maximum absolute atomic E-state index is 14.6. The largest absolute Gasteiger partial charge is 0.494 e. The van der Waals surface area contributed by atoms with E-state index in [0.29, 0.717) is 43.0 Å². The van der Waals surface area contributed by atoms with E-state index in [4.69, 9.17) is 9.47 Å². The first-order valence-electron chi connectivity index (χ1n) is 11.1. The zero-order valence-electron chi connectivity index (χ0n) is 18.8. The number of nitrogens with zero attached hydrogens (tertiary/aromatic N) is 5. The fourth-order valence-corrected chi connectivity index (χ4v) is 4.67. The average molecular weight is 476 g/mol. The van der Waals surface area contributed by atoms with Crippen LogP contribution in [0.5, 0.6) is 5.75 Å². The molecule has 0 saturated carbocycles. The number of ether oxygens (including phenoxy) is 2. The van der Waals surface area contributed by atoms with Gasteiger partial charge in [0.25, 0.3) is 5.56 Å². The SMILES string of the molecule is COc1cccc(F)c1-n1nc2c(-c3ccc(N4CCN5C(=O)OCC5C4)cc3)n[nH]c2cc1=O. The summed E-state index contributed by atoms with van der Waals surface area (Å²) in [6.07, 6.45) is -0.241. The van der Waals surface area contributed by atoms with Crippen molar-refractivity contribution in [2.24, 2.45) is 0 Å². The van der Waals surface area contributed by atoms with Gasteiger partial charge in [0.2, 0.25) is 0 Å². The highest BCUT2D eigenvalue weighted by Crippen LogP contribution is 2.29. The van der Waals surface area contributed by atoms with Crippen LogP contribution in [-0.2, 0) is 4.74 Å². The maximum Gasteiger partial charge on any atom is 0.410 e. The van der Waals surface area contributed by atoms with Gasteiger partial charge in [0, 0.05) is 37.0 Å². The van der Waals surface area contributed by atoms with E-state index in [1.165, 1.54) is 25.3 Å². The van der Waals surface area contributed by atoms with E-state index < -0.39 is 11.4 Å². The standard InChI is InChI=1S/C24H21FN6O4/c1-34-19-4-2-3-17(25)23(19)31-20(32)11-18-22(28-31)21(27-26-18)14-5-7-15(8-6-14)29-9-10-30-16(12-29)13-35-24(30)33/h2-8,11,16,26H,9-10,12-13H2,1H3. The molecule has 0 radical (unpaired) electrons. The molecule has 2 saturated heterocycles. The Morgan fingerprint density at radius 1 is 1.14 bits per heavy atom. The molecular formula is C24H21FN6O4. The molecule has 0 spiro atoms. The number of methoxy groups -OCH3 is 1. The third-order valence-electron chi connectivity index (χ3n) is 6.45. The number of fused-ring (bicyclic) bond motifs is 2. The molecule has 2 aromatic heterocycles. The molecule has 10 nitrogen and oxygen atoms in total. The maximum atomic E-state index is 14.6. The number of rotatable bonds is 4. The Hall–Kier alpha value is -4.41. The molecule has 4 aromatic rings. The molecule has 1 amide bonds. The third-order valence-corrected chi connectivity index (χ3v) is 6.45. The van der Waals surface area contributed by atoms with Gasteiger partial charge in [-0.2, -0.15) is 14.9 Å². The topological polar surface area (TPSA) is 106 Å². The zero-order chi connectivity index (χ0) is 24.1. The van der Waals surface area contributed by atoms with Gasteiger partial charge >= 0.3 is 6.09 Å². The molecule has 4 heterocycles. The molecule has 1 atom stereocenters. The molecule has 2 aliphatic heterocycles. The Balaban J connectivity index is 1.34. The van der Waals surface area contributed by atoms with Gasteiger partial charge in [0.1, 0.15) is 29.3 Å². The van der Waals surface area contributed by atoms with E-state index >= 15 is 0 Å². The van der Waals surface area contributed by atoms with Crippen LogP contribution in [0.3, 0.4) is 0 Å². The second kappa shape index (κ2) is 8.12. The van der Waals surface area contributed by atoms with Crippen LogP contribution in [0.15, 0.2) is 53.3 Å². The Kier molecular flexibility index (Phi) is 4.90. The highest BCUT2D eigenvalue weighted by molar-refractivity contribution is 5.89. The molecular weight excluding hydrogens is 455 g/mol. The van der Waals surface area contributed by atoms with Crippen molar-refractivity contribution in [2.75, 3.05) is 38.3 Å². The van der Waals surface area contributed by atoms with E-state index in [0.717, 1.165) is 15.9 Å². The smallest absolute Gasteiger partial charge is 0.410 e. The van der Waals surface area contributed by atoms with Crippen LogP contribution >= 0.6 is 0 Å². The van der Waals surface area contributed by atoms with Crippen LogP contribution < -0.4 is 15.2 Å². The molecule has 2 aromatic carbocycles. The Labute approximate surface area is 198 Å². The number of amides is 1. The quantitative estimate of drug-likeness (QED) is 0.483. The van der Waals surface area contributed by atoms with E-state index in [2.05, 4.69) is 20.2 Å². The van der Waals surface area contributed by atoms with Gasteiger partial charge in [-0.25, -0.2) is 9.18 Å².